The van der Waals surface area contributed by atoms with Crippen LogP contribution < -0.4 is 20.7 Å². The van der Waals surface area contributed by atoms with E-state index in [1.807, 2.05) is 109 Å². The first kappa shape index (κ1) is 37.9. The van der Waals surface area contributed by atoms with Crippen LogP contribution in [0.5, 0.6) is 11.5 Å². The number of aromatic amines is 1. The van der Waals surface area contributed by atoms with Crippen LogP contribution in [-0.2, 0) is 26.4 Å². The Morgan fingerprint density at radius 2 is 1.50 bits per heavy atom. The van der Waals surface area contributed by atoms with Crippen LogP contribution in [-0.4, -0.2) is 64.3 Å². The summed E-state index contributed by atoms with van der Waals surface area (Å²) in [4.78, 5) is 36.8. The Balaban J connectivity index is 1.07. The van der Waals surface area contributed by atoms with Crippen LogP contribution in [0.1, 0.15) is 40.5 Å². The van der Waals surface area contributed by atoms with Crippen molar-refractivity contribution in [2.24, 2.45) is 0 Å². The Morgan fingerprint density at radius 1 is 0.839 bits per heavy atom. The van der Waals surface area contributed by atoms with E-state index < -0.39 is 35.3 Å². The van der Waals surface area contributed by atoms with E-state index in [1.54, 1.807) is 26.6 Å². The van der Waals surface area contributed by atoms with Crippen molar-refractivity contribution in [1.29, 1.82) is 0 Å². The maximum Gasteiger partial charge on any atom is 0.330 e. The summed E-state index contributed by atoms with van der Waals surface area (Å²) in [6, 6.07) is 34.4. The number of aliphatic hydroxyl groups is 1. The van der Waals surface area contributed by atoms with Crippen molar-refractivity contribution in [3.8, 4) is 34.7 Å². The predicted molar refractivity (Wildman–Crippen MR) is 208 cm³/mol. The van der Waals surface area contributed by atoms with E-state index >= 15 is 0 Å². The standard InChI is InChI=1S/C44H40N4O8/c1-52-35-18-14-33(15-19-35)44(32-10-4-3-5-11-32,34-16-20-36(53-2)21-17-34)55-29-40-39(49)25-41(56-40)48-27-31(42(50)47-43(48)51)9-8-24-54-28-30-13-22-38(46-26-30)37-12-6-7-23-45-37/h3-7,10-23,26-27,39-41,49H,24-25,28-29H2,1-2H3,(H,47,50,51)/t39-,40+,41+/m0/s1. The Hall–Kier alpha value is -6.36. The lowest BCUT2D eigenvalue weighted by Crippen LogP contribution is -2.38. The Morgan fingerprint density at radius 3 is 2.12 bits per heavy atom. The first-order chi connectivity index (χ1) is 27.4. The summed E-state index contributed by atoms with van der Waals surface area (Å²) in [6.45, 7) is 0.248. The molecule has 1 aliphatic heterocycles. The van der Waals surface area contributed by atoms with Gasteiger partial charge in [-0.1, -0.05) is 78.6 Å². The van der Waals surface area contributed by atoms with E-state index in [2.05, 4.69) is 26.8 Å². The van der Waals surface area contributed by atoms with E-state index in [4.69, 9.17) is 23.7 Å². The highest BCUT2D eigenvalue weighted by molar-refractivity contribution is 5.53. The molecule has 4 heterocycles. The molecule has 0 bridgehead atoms. The van der Waals surface area contributed by atoms with Crippen LogP contribution in [0.3, 0.4) is 0 Å². The molecule has 1 saturated heterocycles. The molecule has 3 atom stereocenters. The molecular formula is C44H40N4O8. The van der Waals surface area contributed by atoms with Crippen molar-refractivity contribution in [2.45, 2.75) is 37.1 Å². The number of benzene rings is 3. The van der Waals surface area contributed by atoms with Gasteiger partial charge in [-0.15, -0.1) is 0 Å². The van der Waals surface area contributed by atoms with Gasteiger partial charge in [0, 0.05) is 25.0 Å². The molecule has 0 radical (unpaired) electrons. The van der Waals surface area contributed by atoms with Gasteiger partial charge in [0.2, 0.25) is 0 Å². The molecule has 3 aromatic carbocycles. The zero-order valence-corrected chi connectivity index (χ0v) is 30.8. The Labute approximate surface area is 323 Å². The average Bonchev–Trinajstić information content (AvgIpc) is 3.62. The van der Waals surface area contributed by atoms with E-state index in [-0.39, 0.29) is 31.8 Å². The molecule has 1 aliphatic rings. The number of nitrogens with one attached hydrogen (secondary N) is 1. The molecule has 56 heavy (non-hydrogen) atoms. The minimum atomic E-state index is -1.14. The molecule has 6 aromatic rings. The van der Waals surface area contributed by atoms with Crippen LogP contribution in [0.2, 0.25) is 0 Å². The molecule has 0 aliphatic carbocycles. The lowest BCUT2D eigenvalue weighted by molar-refractivity contribution is -0.0944. The minimum absolute atomic E-state index is 0.0319. The lowest BCUT2D eigenvalue weighted by atomic mass is 9.80. The van der Waals surface area contributed by atoms with Crippen LogP contribution in [0.15, 0.2) is 137 Å². The fourth-order valence-electron chi connectivity index (χ4n) is 6.63. The molecule has 1 fully saturated rings. The number of pyridine rings is 2. The molecule has 12 nitrogen and oxygen atoms in total. The van der Waals surface area contributed by atoms with E-state index in [1.165, 1.54) is 10.8 Å². The van der Waals surface area contributed by atoms with Gasteiger partial charge in [0.05, 0.1) is 44.9 Å². The zero-order valence-electron chi connectivity index (χ0n) is 30.8. The van der Waals surface area contributed by atoms with Gasteiger partial charge in [-0.25, -0.2) is 4.79 Å². The highest BCUT2D eigenvalue weighted by atomic mass is 16.6. The topological polar surface area (TPSA) is 147 Å². The molecule has 284 valence electrons. The lowest BCUT2D eigenvalue weighted by Gasteiger charge is -2.37. The van der Waals surface area contributed by atoms with Gasteiger partial charge < -0.3 is 28.8 Å². The molecule has 12 heteroatoms. The van der Waals surface area contributed by atoms with Crippen LogP contribution in [0.4, 0.5) is 0 Å². The summed E-state index contributed by atoms with van der Waals surface area (Å²) in [7, 11) is 3.22. The van der Waals surface area contributed by atoms with Crippen LogP contribution >= 0.6 is 0 Å². The molecule has 0 spiro atoms. The second-order valence-electron chi connectivity index (χ2n) is 13.0. The molecular weight excluding hydrogens is 713 g/mol. The zero-order chi connectivity index (χ0) is 38.9. The third-order valence-corrected chi connectivity index (χ3v) is 9.54. The number of nitrogens with zero attached hydrogens (tertiary/aromatic N) is 3. The molecule has 2 N–H and O–H groups in total. The van der Waals surface area contributed by atoms with Gasteiger partial charge in [0.15, 0.2) is 0 Å². The number of hydrogen-bond donors (Lipinski definition) is 2. The summed E-state index contributed by atoms with van der Waals surface area (Å²) in [5.74, 6) is 7.01. The SMILES string of the molecule is COc1ccc(C(OC[C@H]2O[C@@H](n3cc(C#CCOCc4ccc(-c5ccccn5)nc4)c(=O)[nH]c3=O)C[C@@H]2O)(c2ccccc2)c2ccc(OC)cc2)cc1. The van der Waals surface area contributed by atoms with Crippen LogP contribution in [0.25, 0.3) is 11.4 Å². The maximum absolute atomic E-state index is 13.0. The third-order valence-electron chi connectivity index (χ3n) is 9.54. The number of rotatable bonds is 13. The number of aliphatic hydroxyl groups excluding tert-OH is 1. The van der Waals surface area contributed by atoms with Gasteiger partial charge in [0.1, 0.15) is 41.6 Å². The number of ether oxygens (including phenoxy) is 5. The molecule has 3 aromatic heterocycles. The fourth-order valence-corrected chi connectivity index (χ4v) is 6.63. The predicted octanol–water partition coefficient (Wildman–Crippen LogP) is 5.24. The monoisotopic (exact) mass is 752 g/mol. The fraction of sp³-hybridized carbons (Fsp3) is 0.227. The number of hydrogen-bond acceptors (Lipinski definition) is 10. The van der Waals surface area contributed by atoms with Crippen molar-refractivity contribution >= 4 is 0 Å². The molecule has 0 saturated carbocycles. The smallest absolute Gasteiger partial charge is 0.330 e. The van der Waals surface area contributed by atoms with E-state index in [0.717, 1.165) is 33.6 Å². The third kappa shape index (κ3) is 8.31. The van der Waals surface area contributed by atoms with Crippen LogP contribution in [0, 0.1) is 11.8 Å². The van der Waals surface area contributed by atoms with E-state index in [0.29, 0.717) is 11.5 Å². The second kappa shape index (κ2) is 17.4. The molecule has 7 rings (SSSR count). The van der Waals surface area contributed by atoms with Crippen molar-refractivity contribution in [1.82, 2.24) is 19.5 Å². The first-order valence-electron chi connectivity index (χ1n) is 18.0. The van der Waals surface area contributed by atoms with Gasteiger partial charge in [-0.2, -0.15) is 0 Å². The number of aromatic nitrogens is 4. The van der Waals surface area contributed by atoms with Crippen molar-refractivity contribution in [3.63, 3.8) is 0 Å². The highest BCUT2D eigenvalue weighted by Crippen LogP contribution is 2.42. The Bertz CT molecular complexity index is 2340. The van der Waals surface area contributed by atoms with Gasteiger partial charge in [-0.05, 0) is 64.7 Å². The summed E-state index contributed by atoms with van der Waals surface area (Å²) >= 11 is 0. The second-order valence-corrected chi connectivity index (χ2v) is 13.0. The number of methoxy groups -OCH3 is 2. The first-order valence-corrected chi connectivity index (χ1v) is 18.0. The normalized spacial score (nSPS) is 16.5. The van der Waals surface area contributed by atoms with Crippen molar-refractivity contribution in [3.05, 3.63) is 176 Å². The van der Waals surface area contributed by atoms with Crippen molar-refractivity contribution < 1.29 is 28.8 Å². The number of H-pyrrole nitrogens is 1. The van der Waals surface area contributed by atoms with Gasteiger partial charge in [0.25, 0.3) is 5.56 Å². The quantitative estimate of drug-likeness (QED) is 0.0913. The maximum atomic E-state index is 13.0. The van der Waals surface area contributed by atoms with Gasteiger partial charge >= 0.3 is 5.69 Å². The summed E-state index contributed by atoms with van der Waals surface area (Å²) < 4.78 is 31.0. The van der Waals surface area contributed by atoms with E-state index in [9.17, 15) is 14.7 Å². The van der Waals surface area contributed by atoms with Gasteiger partial charge in [-0.3, -0.25) is 24.3 Å². The summed E-state index contributed by atoms with van der Waals surface area (Å²) in [6.07, 6.45) is 2.14. The highest BCUT2D eigenvalue weighted by Gasteiger charge is 2.42. The average molecular weight is 753 g/mol. The summed E-state index contributed by atoms with van der Waals surface area (Å²) in [5.41, 5.74) is 2.44. The molecule has 0 amide bonds. The minimum Gasteiger partial charge on any atom is -0.497 e. The van der Waals surface area contributed by atoms with Crippen molar-refractivity contribution in [2.75, 3.05) is 27.4 Å². The Kier molecular flexibility index (Phi) is 11.8. The molecule has 0 unspecified atom stereocenters. The largest absolute Gasteiger partial charge is 0.497 e. The summed E-state index contributed by atoms with van der Waals surface area (Å²) in [5, 5.41) is 11.3.